The second-order valence-electron chi connectivity index (χ2n) is 14.0. The van der Waals surface area contributed by atoms with Crippen LogP contribution < -0.4 is 10.2 Å². The Labute approximate surface area is 281 Å². The minimum absolute atomic E-state index is 0.107. The number of fused-ring (bicyclic) bond motifs is 2. The number of hydrogen-bond donors (Lipinski definition) is 1. The summed E-state index contributed by atoms with van der Waals surface area (Å²) in [6.45, 7) is 8.62. The number of nitrogens with zero attached hydrogens (tertiary/aromatic N) is 6. The van der Waals surface area contributed by atoms with Crippen LogP contribution in [0.2, 0.25) is 0 Å². The quantitative estimate of drug-likeness (QED) is 0.304. The molecule has 3 fully saturated rings. The molecule has 248 valence electrons. The van der Waals surface area contributed by atoms with Crippen LogP contribution in [0, 0.1) is 0 Å². The summed E-state index contributed by atoms with van der Waals surface area (Å²) in [5, 5.41) is 8.15. The number of aromatic nitrogens is 2. The molecule has 4 aliphatic heterocycles. The summed E-state index contributed by atoms with van der Waals surface area (Å²) in [7, 11) is 1.97. The maximum atomic E-state index is 13.1. The van der Waals surface area contributed by atoms with E-state index < -0.39 is 6.04 Å². The van der Waals surface area contributed by atoms with Crippen molar-refractivity contribution in [1.29, 1.82) is 0 Å². The third-order valence-corrected chi connectivity index (χ3v) is 10.8. The molecule has 0 bridgehead atoms. The van der Waals surface area contributed by atoms with Crippen LogP contribution in [0.4, 0.5) is 5.69 Å². The van der Waals surface area contributed by atoms with Gasteiger partial charge in [0.15, 0.2) is 0 Å². The number of nitrogens with one attached hydrogen (secondary N) is 1. The van der Waals surface area contributed by atoms with Gasteiger partial charge in [-0.05, 0) is 84.8 Å². The van der Waals surface area contributed by atoms with Gasteiger partial charge >= 0.3 is 0 Å². The zero-order valence-electron chi connectivity index (χ0n) is 27.6. The van der Waals surface area contributed by atoms with Gasteiger partial charge in [0, 0.05) is 82.1 Å². The minimum Gasteiger partial charge on any atom is -0.369 e. The van der Waals surface area contributed by atoms with E-state index in [9.17, 15) is 14.4 Å². The average Bonchev–Trinajstić information content (AvgIpc) is 3.63. The summed E-state index contributed by atoms with van der Waals surface area (Å²) in [5.41, 5.74) is 8.01. The molecule has 4 aromatic rings. The molecule has 48 heavy (non-hydrogen) atoms. The van der Waals surface area contributed by atoms with Crippen LogP contribution in [0.5, 0.6) is 0 Å². The number of piperazine rings is 1. The van der Waals surface area contributed by atoms with E-state index in [2.05, 4.69) is 85.9 Å². The maximum Gasteiger partial charge on any atom is 0.255 e. The number of carbonyl (C=O) groups excluding carboxylic acids is 3. The van der Waals surface area contributed by atoms with E-state index in [1.54, 1.807) is 4.90 Å². The van der Waals surface area contributed by atoms with Crippen molar-refractivity contribution in [3.05, 3.63) is 94.7 Å². The topological polar surface area (TPSA) is 94.0 Å². The van der Waals surface area contributed by atoms with E-state index in [1.165, 1.54) is 27.8 Å². The molecular weight excluding hydrogens is 602 g/mol. The van der Waals surface area contributed by atoms with Crippen LogP contribution >= 0.6 is 0 Å². The van der Waals surface area contributed by atoms with Crippen LogP contribution in [-0.4, -0.2) is 87.5 Å². The molecule has 8 rings (SSSR count). The van der Waals surface area contributed by atoms with Gasteiger partial charge in [0.1, 0.15) is 6.04 Å². The molecule has 10 nitrogen and oxygen atoms in total. The number of hydrogen-bond acceptors (Lipinski definition) is 7. The lowest BCUT2D eigenvalue weighted by molar-refractivity contribution is -0.136. The molecule has 1 aromatic heterocycles. The van der Waals surface area contributed by atoms with Gasteiger partial charge in [-0.3, -0.25) is 34.2 Å². The summed E-state index contributed by atoms with van der Waals surface area (Å²) in [6.07, 6.45) is 4.90. The molecular formula is C38H43N7O3. The number of aryl methyl sites for hydroxylation is 1. The van der Waals surface area contributed by atoms with Gasteiger partial charge < -0.3 is 9.80 Å². The van der Waals surface area contributed by atoms with Gasteiger partial charge in [-0.1, -0.05) is 36.4 Å². The fourth-order valence-electron chi connectivity index (χ4n) is 8.03. The molecule has 5 heterocycles. The van der Waals surface area contributed by atoms with E-state index in [0.717, 1.165) is 76.3 Å². The molecule has 3 aromatic carbocycles. The predicted molar refractivity (Wildman–Crippen MR) is 184 cm³/mol. The minimum atomic E-state index is -0.571. The molecule has 1 atom stereocenters. The number of benzene rings is 3. The number of carbonyl (C=O) groups is 3. The van der Waals surface area contributed by atoms with E-state index >= 15 is 0 Å². The fraction of sp³-hybridized carbons (Fsp3) is 0.421. The Morgan fingerprint density at radius 1 is 0.792 bits per heavy atom. The van der Waals surface area contributed by atoms with E-state index in [1.807, 2.05) is 17.8 Å². The number of rotatable bonds is 7. The smallest absolute Gasteiger partial charge is 0.255 e. The first-order chi connectivity index (χ1) is 23.4. The van der Waals surface area contributed by atoms with Crippen LogP contribution in [0.25, 0.3) is 10.9 Å². The third kappa shape index (κ3) is 6.22. The van der Waals surface area contributed by atoms with Crippen molar-refractivity contribution >= 4 is 34.3 Å². The zero-order valence-corrected chi connectivity index (χ0v) is 27.6. The van der Waals surface area contributed by atoms with Gasteiger partial charge in [0.25, 0.3) is 5.91 Å². The molecule has 0 saturated carbocycles. The van der Waals surface area contributed by atoms with E-state index in [0.29, 0.717) is 24.4 Å². The van der Waals surface area contributed by atoms with Crippen LogP contribution in [0.3, 0.4) is 0 Å². The average molecular weight is 646 g/mol. The lowest BCUT2D eigenvalue weighted by Crippen LogP contribution is -2.52. The number of anilines is 1. The Morgan fingerprint density at radius 3 is 2.21 bits per heavy atom. The van der Waals surface area contributed by atoms with Gasteiger partial charge in [0.05, 0.1) is 5.52 Å². The number of piperidine rings is 2. The monoisotopic (exact) mass is 645 g/mol. The summed E-state index contributed by atoms with van der Waals surface area (Å²) in [6, 6.07) is 21.4. The van der Waals surface area contributed by atoms with Crippen molar-refractivity contribution in [3.63, 3.8) is 0 Å². The van der Waals surface area contributed by atoms with Gasteiger partial charge in [-0.25, -0.2) is 0 Å². The molecule has 1 unspecified atom stereocenters. The molecule has 10 heteroatoms. The second-order valence-corrected chi connectivity index (χ2v) is 14.0. The lowest BCUT2D eigenvalue weighted by Gasteiger charge is -2.36. The number of imide groups is 1. The molecule has 4 aliphatic rings. The second kappa shape index (κ2) is 12.8. The number of likely N-dealkylation sites (tertiary alicyclic amines) is 1. The molecule has 3 saturated heterocycles. The molecule has 1 N–H and O–H groups in total. The fourth-order valence-corrected chi connectivity index (χ4v) is 8.03. The Bertz CT molecular complexity index is 1850. The van der Waals surface area contributed by atoms with Crippen molar-refractivity contribution in [1.82, 2.24) is 29.8 Å². The summed E-state index contributed by atoms with van der Waals surface area (Å²) >= 11 is 0. The predicted octanol–water partition coefficient (Wildman–Crippen LogP) is 4.04. The highest BCUT2D eigenvalue weighted by Crippen LogP contribution is 2.34. The van der Waals surface area contributed by atoms with Crippen molar-refractivity contribution < 1.29 is 14.4 Å². The SMILES string of the molecule is Cn1cc2ccc(N3CCN(Cc4ccc(CN5CCC(c6ccc7c(c6)CN(C6CCC(=O)NC6=O)C7=O)CC5)cc4)CC3)cc2n1. The largest absolute Gasteiger partial charge is 0.369 e. The van der Waals surface area contributed by atoms with Crippen LogP contribution in [0.1, 0.15) is 64.2 Å². The first-order valence-corrected chi connectivity index (χ1v) is 17.3. The first-order valence-electron chi connectivity index (χ1n) is 17.3. The standard InChI is InChI=1S/C38H43N7O3/c1-41-24-30-6-8-32(21-34(30)40-41)44-18-16-43(17-19-44)23-27-4-2-26(3-5-27)22-42-14-12-28(13-15-42)29-7-9-33-31(20-29)25-45(38(33)48)35-10-11-36(46)39-37(35)47/h2-9,20-21,24,28,35H,10-19,22-23,25H2,1H3,(H,39,46,47). The van der Waals surface area contributed by atoms with E-state index in [-0.39, 0.29) is 24.1 Å². The van der Waals surface area contributed by atoms with Crippen molar-refractivity contribution in [3.8, 4) is 0 Å². The van der Waals surface area contributed by atoms with Crippen molar-refractivity contribution in [2.75, 3.05) is 44.2 Å². The first kappa shape index (κ1) is 30.8. The van der Waals surface area contributed by atoms with Gasteiger partial charge in [-0.2, -0.15) is 5.10 Å². The van der Waals surface area contributed by atoms with Crippen LogP contribution in [0.15, 0.2) is 66.9 Å². The summed E-state index contributed by atoms with van der Waals surface area (Å²) < 4.78 is 1.88. The van der Waals surface area contributed by atoms with Crippen LogP contribution in [-0.2, 0) is 36.3 Å². The molecule has 0 radical (unpaired) electrons. The maximum absolute atomic E-state index is 13.1. The third-order valence-electron chi connectivity index (χ3n) is 10.8. The summed E-state index contributed by atoms with van der Waals surface area (Å²) in [5.74, 6) is -0.265. The Hall–Kier alpha value is -4.54. The lowest BCUT2D eigenvalue weighted by atomic mass is 9.87. The molecule has 3 amide bonds. The Kier molecular flexibility index (Phi) is 8.22. The van der Waals surface area contributed by atoms with Crippen molar-refractivity contribution in [2.24, 2.45) is 7.05 Å². The summed E-state index contributed by atoms with van der Waals surface area (Å²) in [4.78, 5) is 46.3. The van der Waals surface area contributed by atoms with Gasteiger partial charge in [0.2, 0.25) is 11.8 Å². The zero-order chi connectivity index (χ0) is 32.8. The van der Waals surface area contributed by atoms with Crippen molar-refractivity contribution in [2.45, 2.75) is 57.3 Å². The normalized spacial score (nSPS) is 21.3. The van der Waals surface area contributed by atoms with Gasteiger partial charge in [-0.15, -0.1) is 0 Å². The highest BCUT2D eigenvalue weighted by Gasteiger charge is 2.39. The highest BCUT2D eigenvalue weighted by atomic mass is 16.2. The Balaban J connectivity index is 0.801. The highest BCUT2D eigenvalue weighted by molar-refractivity contribution is 6.05. The molecule has 0 aliphatic carbocycles. The van der Waals surface area contributed by atoms with E-state index in [4.69, 9.17) is 0 Å². The number of amides is 3. The molecule has 0 spiro atoms. The Morgan fingerprint density at radius 2 is 1.50 bits per heavy atom.